The summed E-state index contributed by atoms with van der Waals surface area (Å²) in [5, 5.41) is 19.4. The number of carbonyl (C=O) groups is 1. The Labute approximate surface area is 182 Å². The normalized spacial score (nSPS) is 19.4. The topological polar surface area (TPSA) is 89.3 Å². The summed E-state index contributed by atoms with van der Waals surface area (Å²) >= 11 is 0. The molecule has 1 aliphatic rings. The Morgan fingerprint density at radius 3 is 2.65 bits per heavy atom. The fourth-order valence-electron chi connectivity index (χ4n) is 4.24. The standard InChI is InChI=1S/C24H30N4O3/c1-15-8-10-17(11-9-15)28-14-16-12-21(18(24(2,3)30)13-20(16)27-28)26-23(29)19-6-5-7-22(25-19)31-4/h5-7,12-15,17,30H,8-11H2,1-4H3,(H,26,29). The molecule has 3 aromatic rings. The number of rotatable bonds is 5. The van der Waals surface area contributed by atoms with Gasteiger partial charge < -0.3 is 15.2 Å². The Kier molecular flexibility index (Phi) is 5.71. The zero-order valence-electron chi connectivity index (χ0n) is 18.6. The summed E-state index contributed by atoms with van der Waals surface area (Å²) in [7, 11) is 1.51. The number of anilines is 1. The minimum Gasteiger partial charge on any atom is -0.481 e. The molecule has 0 aliphatic heterocycles. The predicted molar refractivity (Wildman–Crippen MR) is 120 cm³/mol. The summed E-state index contributed by atoms with van der Waals surface area (Å²) in [5.41, 5.74) is 1.06. The van der Waals surface area contributed by atoms with Gasteiger partial charge in [0.1, 0.15) is 5.69 Å². The van der Waals surface area contributed by atoms with Crippen LogP contribution >= 0.6 is 0 Å². The van der Waals surface area contributed by atoms with Crippen molar-refractivity contribution < 1.29 is 14.6 Å². The van der Waals surface area contributed by atoms with Crippen molar-refractivity contribution in [3.63, 3.8) is 0 Å². The third-order valence-corrected chi connectivity index (χ3v) is 6.09. The summed E-state index contributed by atoms with van der Waals surface area (Å²) in [6.07, 6.45) is 6.72. The molecule has 2 N–H and O–H groups in total. The largest absolute Gasteiger partial charge is 0.481 e. The number of carbonyl (C=O) groups excluding carboxylic acids is 1. The second-order valence-electron chi connectivity index (χ2n) is 9.06. The van der Waals surface area contributed by atoms with Crippen LogP contribution in [0.2, 0.25) is 0 Å². The Hall–Kier alpha value is -2.93. The number of aromatic nitrogens is 3. The molecular weight excluding hydrogens is 392 g/mol. The highest BCUT2D eigenvalue weighted by atomic mass is 16.5. The minimum atomic E-state index is -1.15. The van der Waals surface area contributed by atoms with Crippen LogP contribution in [-0.2, 0) is 5.60 Å². The van der Waals surface area contributed by atoms with Crippen LogP contribution in [0, 0.1) is 5.92 Å². The van der Waals surface area contributed by atoms with Crippen molar-refractivity contribution in [1.82, 2.24) is 14.8 Å². The predicted octanol–water partition coefficient (Wildman–Crippen LogP) is 4.67. The van der Waals surface area contributed by atoms with Crippen LogP contribution in [0.25, 0.3) is 10.9 Å². The van der Waals surface area contributed by atoms with E-state index in [1.165, 1.54) is 20.0 Å². The van der Waals surface area contributed by atoms with E-state index in [2.05, 4.69) is 21.9 Å². The number of hydrogen-bond acceptors (Lipinski definition) is 5. The van der Waals surface area contributed by atoms with Crippen molar-refractivity contribution in [2.75, 3.05) is 12.4 Å². The Morgan fingerprint density at radius 1 is 1.23 bits per heavy atom. The van der Waals surface area contributed by atoms with Crippen molar-refractivity contribution >= 4 is 22.5 Å². The van der Waals surface area contributed by atoms with Crippen LogP contribution in [0.5, 0.6) is 5.88 Å². The number of aliphatic hydroxyl groups is 1. The van der Waals surface area contributed by atoms with Gasteiger partial charge in [-0.15, -0.1) is 0 Å². The van der Waals surface area contributed by atoms with Gasteiger partial charge in [-0.3, -0.25) is 9.48 Å². The molecule has 4 rings (SSSR count). The van der Waals surface area contributed by atoms with Gasteiger partial charge in [-0.05, 0) is 63.6 Å². The highest BCUT2D eigenvalue weighted by Crippen LogP contribution is 2.35. The van der Waals surface area contributed by atoms with Crippen LogP contribution in [0.1, 0.15) is 68.5 Å². The monoisotopic (exact) mass is 422 g/mol. The number of benzene rings is 1. The van der Waals surface area contributed by atoms with E-state index >= 15 is 0 Å². The average Bonchev–Trinajstić information content (AvgIpc) is 3.16. The maximum atomic E-state index is 12.8. The van der Waals surface area contributed by atoms with Crippen LogP contribution in [-0.4, -0.2) is 32.9 Å². The van der Waals surface area contributed by atoms with Crippen molar-refractivity contribution in [2.24, 2.45) is 5.92 Å². The fourth-order valence-corrected chi connectivity index (χ4v) is 4.24. The van der Waals surface area contributed by atoms with E-state index in [0.717, 1.165) is 29.7 Å². The van der Waals surface area contributed by atoms with Gasteiger partial charge in [0, 0.05) is 28.9 Å². The number of fused-ring (bicyclic) bond motifs is 1. The smallest absolute Gasteiger partial charge is 0.274 e. The number of amides is 1. The lowest BCUT2D eigenvalue weighted by Crippen LogP contribution is -2.21. The molecule has 0 atom stereocenters. The Balaban J connectivity index is 1.68. The Bertz CT molecular complexity index is 1090. The summed E-state index contributed by atoms with van der Waals surface area (Å²) in [4.78, 5) is 17.0. The van der Waals surface area contributed by atoms with Gasteiger partial charge in [0.15, 0.2) is 0 Å². The van der Waals surface area contributed by atoms with Crippen LogP contribution in [0.15, 0.2) is 36.5 Å². The van der Waals surface area contributed by atoms with Gasteiger partial charge in [0.05, 0.1) is 24.3 Å². The third kappa shape index (κ3) is 4.56. The van der Waals surface area contributed by atoms with Crippen molar-refractivity contribution in [2.45, 2.75) is 58.1 Å². The molecule has 2 heterocycles. The summed E-state index contributed by atoms with van der Waals surface area (Å²) < 4.78 is 7.17. The first-order chi connectivity index (χ1) is 14.7. The number of nitrogens with one attached hydrogen (secondary N) is 1. The highest BCUT2D eigenvalue weighted by molar-refractivity contribution is 6.04. The molecule has 1 aliphatic carbocycles. The first kappa shape index (κ1) is 21.3. The first-order valence-electron chi connectivity index (χ1n) is 10.8. The second-order valence-corrected chi connectivity index (χ2v) is 9.06. The van der Waals surface area contributed by atoms with Crippen molar-refractivity contribution in [3.05, 3.63) is 47.8 Å². The highest BCUT2D eigenvalue weighted by Gasteiger charge is 2.25. The van der Waals surface area contributed by atoms with Gasteiger partial charge in [-0.2, -0.15) is 5.10 Å². The number of hydrogen-bond donors (Lipinski definition) is 2. The molecule has 1 amide bonds. The van der Waals surface area contributed by atoms with Gasteiger partial charge in [0.2, 0.25) is 5.88 Å². The van der Waals surface area contributed by atoms with E-state index in [1.54, 1.807) is 32.0 Å². The number of methoxy groups -OCH3 is 1. The molecule has 1 saturated carbocycles. The fraction of sp³-hybridized carbons (Fsp3) is 0.458. The van der Waals surface area contributed by atoms with Crippen LogP contribution in [0.3, 0.4) is 0 Å². The molecule has 7 heteroatoms. The maximum Gasteiger partial charge on any atom is 0.274 e. The molecular formula is C24H30N4O3. The molecule has 0 saturated heterocycles. The minimum absolute atomic E-state index is 0.244. The van der Waals surface area contributed by atoms with Crippen molar-refractivity contribution in [3.8, 4) is 5.88 Å². The average molecular weight is 423 g/mol. The Morgan fingerprint density at radius 2 is 1.97 bits per heavy atom. The first-order valence-corrected chi connectivity index (χ1v) is 10.8. The maximum absolute atomic E-state index is 12.8. The van der Waals surface area contributed by atoms with Crippen LogP contribution < -0.4 is 10.1 Å². The molecule has 0 bridgehead atoms. The molecule has 2 aromatic heterocycles. The SMILES string of the molecule is COc1cccc(C(=O)Nc2cc3cn(C4CCC(C)CC4)nc3cc2C(C)(C)O)n1. The molecule has 1 aromatic carbocycles. The van der Waals surface area contributed by atoms with E-state index in [4.69, 9.17) is 9.84 Å². The summed E-state index contributed by atoms with van der Waals surface area (Å²) in [6.45, 7) is 5.71. The van der Waals surface area contributed by atoms with E-state index in [-0.39, 0.29) is 11.6 Å². The van der Waals surface area contributed by atoms with Crippen LogP contribution in [0.4, 0.5) is 5.69 Å². The van der Waals surface area contributed by atoms with Gasteiger partial charge in [-0.25, -0.2) is 4.98 Å². The molecule has 1 fully saturated rings. The second kappa shape index (κ2) is 8.30. The lowest BCUT2D eigenvalue weighted by molar-refractivity contribution is 0.0793. The zero-order valence-corrected chi connectivity index (χ0v) is 18.6. The van der Waals surface area contributed by atoms with Gasteiger partial charge >= 0.3 is 0 Å². The van der Waals surface area contributed by atoms with Gasteiger partial charge in [0.25, 0.3) is 5.91 Å². The lowest BCUT2D eigenvalue weighted by Gasteiger charge is -2.26. The lowest BCUT2D eigenvalue weighted by atomic mass is 9.87. The quantitative estimate of drug-likeness (QED) is 0.624. The third-order valence-electron chi connectivity index (χ3n) is 6.09. The molecule has 7 nitrogen and oxygen atoms in total. The van der Waals surface area contributed by atoms with E-state index in [0.29, 0.717) is 23.2 Å². The summed E-state index contributed by atoms with van der Waals surface area (Å²) in [6, 6.07) is 9.18. The molecule has 0 spiro atoms. The summed E-state index contributed by atoms with van der Waals surface area (Å²) in [5.74, 6) is 0.779. The van der Waals surface area contributed by atoms with E-state index < -0.39 is 5.60 Å². The number of nitrogens with zero attached hydrogens (tertiary/aromatic N) is 3. The molecule has 164 valence electrons. The number of pyridine rings is 1. The zero-order chi connectivity index (χ0) is 22.2. The molecule has 31 heavy (non-hydrogen) atoms. The van der Waals surface area contributed by atoms with E-state index in [1.807, 2.05) is 18.3 Å². The molecule has 0 unspecified atom stereocenters. The van der Waals surface area contributed by atoms with Gasteiger partial charge in [-0.1, -0.05) is 13.0 Å². The van der Waals surface area contributed by atoms with E-state index in [9.17, 15) is 9.90 Å². The van der Waals surface area contributed by atoms with Crippen molar-refractivity contribution in [1.29, 1.82) is 0 Å². The number of ether oxygens (including phenoxy) is 1. The molecule has 0 radical (unpaired) electrons.